The quantitative estimate of drug-likeness (QED) is 0.267. The molecule has 4 aliphatic heterocycles. The lowest BCUT2D eigenvalue weighted by Gasteiger charge is -2.38. The summed E-state index contributed by atoms with van der Waals surface area (Å²) in [6, 6.07) is 0. The molecule has 15 heteroatoms. The van der Waals surface area contributed by atoms with E-state index in [-0.39, 0.29) is 50.7 Å². The van der Waals surface area contributed by atoms with Crippen molar-refractivity contribution in [3.05, 3.63) is 69.8 Å². The third kappa shape index (κ3) is 8.70. The zero-order valence-electron chi connectivity index (χ0n) is 36.2. The van der Waals surface area contributed by atoms with Crippen molar-refractivity contribution in [3.63, 3.8) is 0 Å². The van der Waals surface area contributed by atoms with E-state index in [1.54, 1.807) is 58.6 Å². The van der Waals surface area contributed by atoms with E-state index in [9.17, 15) is 39.0 Å². The first-order valence-electron chi connectivity index (χ1n) is 20.5. The van der Waals surface area contributed by atoms with E-state index >= 15 is 0 Å². The van der Waals surface area contributed by atoms with Gasteiger partial charge in [-0.1, -0.05) is 59.8 Å². The van der Waals surface area contributed by atoms with Crippen LogP contribution in [-0.4, -0.2) is 101 Å². The van der Waals surface area contributed by atoms with Crippen LogP contribution < -0.4 is 14.8 Å². The van der Waals surface area contributed by atoms with Crippen molar-refractivity contribution in [1.82, 2.24) is 10.2 Å². The number of nitrogens with one attached hydrogen (secondary N) is 1. The Balaban J connectivity index is 1.73. The highest BCUT2D eigenvalue weighted by atomic mass is 16.7. The number of likely N-dealkylation sites (tertiary alicyclic amines) is 1. The molecular formula is C45H58N2O13. The van der Waals surface area contributed by atoms with Gasteiger partial charge in [-0.15, -0.1) is 0 Å². The lowest BCUT2D eigenvalue weighted by Crippen LogP contribution is -2.46. The molecule has 1 saturated heterocycles. The summed E-state index contributed by atoms with van der Waals surface area (Å²) in [5.74, 6) is -10.1. The Morgan fingerprint density at radius 1 is 0.917 bits per heavy atom. The molecule has 1 aromatic rings. The Labute approximate surface area is 350 Å². The van der Waals surface area contributed by atoms with Crippen LogP contribution in [0.4, 0.5) is 0 Å². The normalized spacial score (nSPS) is 32.2. The molecule has 0 spiro atoms. The molecular weight excluding hydrogens is 776 g/mol. The predicted molar refractivity (Wildman–Crippen MR) is 218 cm³/mol. The summed E-state index contributed by atoms with van der Waals surface area (Å²) in [6.07, 6.45) is 4.85. The molecule has 6 rings (SSSR count). The Hall–Kier alpha value is -5.12. The van der Waals surface area contributed by atoms with E-state index in [4.69, 9.17) is 23.7 Å². The Morgan fingerprint density at radius 3 is 2.17 bits per heavy atom. The second-order valence-corrected chi connectivity index (χ2v) is 16.8. The summed E-state index contributed by atoms with van der Waals surface area (Å²) >= 11 is 0. The Kier molecular flexibility index (Phi) is 14.0. The fourth-order valence-corrected chi connectivity index (χ4v) is 8.25. The molecule has 5 aliphatic rings. The van der Waals surface area contributed by atoms with Crippen LogP contribution in [0.1, 0.15) is 112 Å². The lowest BCUT2D eigenvalue weighted by atomic mass is 9.78. The van der Waals surface area contributed by atoms with Crippen LogP contribution in [0, 0.1) is 36.5 Å². The molecule has 1 fully saturated rings. The number of carbonyl (C=O) groups is 6. The molecule has 5 bridgehead atoms. The number of methoxy groups -OCH3 is 1. The Bertz CT molecular complexity index is 2060. The summed E-state index contributed by atoms with van der Waals surface area (Å²) in [4.78, 5) is 85.5. The number of Topliss-reactive ketones (excluding diaryl/α,β-unsaturated/α-hetero) is 3. The van der Waals surface area contributed by atoms with Crippen molar-refractivity contribution < 1.29 is 62.7 Å². The largest absolute Gasteiger partial charge is 0.462 e. The third-order valence-corrected chi connectivity index (χ3v) is 12.0. The number of amides is 1. The zero-order valence-corrected chi connectivity index (χ0v) is 36.2. The van der Waals surface area contributed by atoms with E-state index in [1.165, 1.54) is 53.2 Å². The number of fused-ring (bicyclic) bond motifs is 14. The third-order valence-electron chi connectivity index (χ3n) is 12.0. The first-order valence-corrected chi connectivity index (χ1v) is 20.5. The van der Waals surface area contributed by atoms with Gasteiger partial charge in [-0.2, -0.15) is 0 Å². The molecule has 1 aromatic carbocycles. The van der Waals surface area contributed by atoms with Crippen molar-refractivity contribution in [2.75, 3.05) is 20.2 Å². The van der Waals surface area contributed by atoms with Crippen LogP contribution in [0.3, 0.4) is 0 Å². The highest BCUT2D eigenvalue weighted by Crippen LogP contribution is 2.49. The van der Waals surface area contributed by atoms with Crippen LogP contribution in [-0.2, 0) is 28.6 Å². The van der Waals surface area contributed by atoms with Gasteiger partial charge in [-0.25, -0.2) is 0 Å². The molecule has 60 heavy (non-hydrogen) atoms. The topological polar surface area (TPSA) is 204 Å². The van der Waals surface area contributed by atoms with E-state index in [1.807, 2.05) is 0 Å². The summed E-state index contributed by atoms with van der Waals surface area (Å²) in [5.41, 5.74) is -1.14. The number of carbonyl (C=O) groups excluding carboxylic acids is 6. The maximum atomic E-state index is 15.0. The number of hydrogen-bond acceptors (Lipinski definition) is 14. The van der Waals surface area contributed by atoms with Crippen LogP contribution in [0.5, 0.6) is 11.5 Å². The van der Waals surface area contributed by atoms with Gasteiger partial charge in [-0.3, -0.25) is 28.8 Å². The Morgan fingerprint density at radius 2 is 1.57 bits per heavy atom. The maximum Gasteiger partial charge on any atom is 0.313 e. The van der Waals surface area contributed by atoms with Crippen molar-refractivity contribution in [1.29, 1.82) is 0 Å². The second-order valence-electron chi connectivity index (χ2n) is 16.8. The standard InChI is InChI=1S/C45H58N2O13/c1-21(2)44(55)59-40-27(8)41-32-30-31(40)37(51)33(34(38(30)52)47-18-12-13-19-47)46-43(54)23(4)16-14-15-22(3)35(49)25(6)36(50)26(7)39(58-28(9)48)24(5)29(56-11)17-20-57-45(10,60-41)42(32)53/h14-17,20-22,24-26,29,35-36,39,49-50H,12-13,18-19H2,1-11H3,(H,46,54)/b15-14+,20-17+,23-16-/t22-,24+,25+,26-,29-,35-,36-,39+,45-/m0/s1. The van der Waals surface area contributed by atoms with Crippen molar-refractivity contribution in [2.24, 2.45) is 29.6 Å². The predicted octanol–water partition coefficient (Wildman–Crippen LogP) is 4.91. The first kappa shape index (κ1) is 46.0. The molecule has 3 N–H and O–H groups in total. The van der Waals surface area contributed by atoms with Crippen LogP contribution in [0.2, 0.25) is 0 Å². The highest BCUT2D eigenvalue weighted by Gasteiger charge is 2.53. The number of allylic oxidation sites excluding steroid dienone is 4. The summed E-state index contributed by atoms with van der Waals surface area (Å²) in [5, 5.41) is 25.6. The minimum Gasteiger partial charge on any atom is -0.462 e. The number of hydrogen-bond donors (Lipinski definition) is 3. The minimum atomic E-state index is -2.10. The van der Waals surface area contributed by atoms with Crippen molar-refractivity contribution >= 4 is 35.2 Å². The van der Waals surface area contributed by atoms with E-state index < -0.39 is 95.0 Å². The zero-order chi connectivity index (χ0) is 44.5. The SMILES string of the molecule is CO[C@H]1/C=C/O[C@@]2(C)Oc3c(C)c(OC(=O)C(C)C)c4c(c3C2=O)C(=O)C(N2CCCC2)=C(NC(=O)/C(C)=C\C=C\[C@H](C)[C@H](O)[C@@H](C)[C@H](O)[C@H](C)[C@H](OC(C)=O)[C@@H]1C)C4=O. The first-order chi connectivity index (χ1) is 28.2. The van der Waals surface area contributed by atoms with Gasteiger partial charge < -0.3 is 44.1 Å². The van der Waals surface area contributed by atoms with E-state index in [2.05, 4.69) is 5.32 Å². The number of aliphatic hydroxyl groups excluding tert-OH is 2. The summed E-state index contributed by atoms with van der Waals surface area (Å²) < 4.78 is 29.6. The van der Waals surface area contributed by atoms with Crippen molar-refractivity contribution in [2.45, 2.75) is 112 Å². The molecule has 0 saturated carbocycles. The van der Waals surface area contributed by atoms with Crippen LogP contribution >= 0.6 is 0 Å². The lowest BCUT2D eigenvalue weighted by molar-refractivity contribution is -0.160. The average Bonchev–Trinajstić information content (AvgIpc) is 3.82. The van der Waals surface area contributed by atoms with Gasteiger partial charge in [-0.05, 0) is 32.8 Å². The molecule has 9 atom stereocenters. The van der Waals surface area contributed by atoms with Crippen LogP contribution in [0.25, 0.3) is 0 Å². The molecule has 0 aromatic heterocycles. The van der Waals surface area contributed by atoms with E-state index in [0.717, 1.165) is 0 Å². The number of ether oxygens (including phenoxy) is 5. The molecule has 15 nitrogen and oxygen atoms in total. The van der Waals surface area contributed by atoms with Gasteiger partial charge in [0.05, 0.1) is 47.2 Å². The van der Waals surface area contributed by atoms with Crippen LogP contribution in [0.15, 0.2) is 47.5 Å². The molecule has 1 aliphatic carbocycles. The fourth-order valence-electron chi connectivity index (χ4n) is 8.25. The average molecular weight is 835 g/mol. The monoisotopic (exact) mass is 834 g/mol. The number of rotatable bonds is 5. The van der Waals surface area contributed by atoms with Gasteiger partial charge in [0.15, 0.2) is 0 Å². The second kappa shape index (κ2) is 18.2. The van der Waals surface area contributed by atoms with E-state index in [0.29, 0.717) is 25.9 Å². The fraction of sp³-hybridized carbons (Fsp3) is 0.556. The molecule has 4 heterocycles. The summed E-state index contributed by atoms with van der Waals surface area (Å²) in [6.45, 7) is 16.5. The smallest absolute Gasteiger partial charge is 0.313 e. The summed E-state index contributed by atoms with van der Waals surface area (Å²) in [7, 11) is 1.43. The van der Waals surface area contributed by atoms with Gasteiger partial charge in [0, 0.05) is 68.9 Å². The number of benzene rings is 1. The number of aliphatic hydroxyl groups is 2. The number of nitrogens with zero attached hydrogens (tertiary/aromatic N) is 1. The molecule has 0 radical (unpaired) electrons. The number of ketones is 3. The number of esters is 2. The van der Waals surface area contributed by atoms with Gasteiger partial charge >= 0.3 is 17.7 Å². The molecule has 0 unspecified atom stereocenters. The molecule has 1 amide bonds. The molecule has 326 valence electrons. The highest BCUT2D eigenvalue weighted by molar-refractivity contribution is 6.32. The van der Waals surface area contributed by atoms with Gasteiger partial charge in [0.1, 0.15) is 29.0 Å². The van der Waals surface area contributed by atoms with Gasteiger partial charge in [0.25, 0.3) is 11.7 Å². The maximum absolute atomic E-state index is 15.0. The van der Waals surface area contributed by atoms with Gasteiger partial charge in [0.2, 0.25) is 11.6 Å². The van der Waals surface area contributed by atoms with Crippen molar-refractivity contribution in [3.8, 4) is 11.5 Å². The minimum absolute atomic E-state index is 0.0799.